The monoisotopic (exact) mass is 639 g/mol. The zero-order chi connectivity index (χ0) is 32.9. The van der Waals surface area contributed by atoms with Crippen molar-refractivity contribution >= 4 is 12.1 Å². The van der Waals surface area contributed by atoms with Crippen LogP contribution in [0.2, 0.25) is 0 Å². The maximum absolute atomic E-state index is 13.2. The molecule has 254 valence electrons. The zero-order valence-corrected chi connectivity index (χ0v) is 28.2. The maximum Gasteiger partial charge on any atom is 0.413 e. The number of methoxy groups -OCH3 is 1. The molecule has 2 heterocycles. The Kier molecular flexibility index (Phi) is 7.55. The average molecular weight is 640 g/mol. The number of nitrogens with two attached hydrogens (primary N) is 1. The minimum absolute atomic E-state index is 0.123. The zero-order valence-electron chi connectivity index (χ0n) is 28.2. The van der Waals surface area contributed by atoms with Gasteiger partial charge in [-0.05, 0) is 107 Å². The first-order valence-corrected chi connectivity index (χ1v) is 17.5. The number of carbonyl (C=O) groups is 2. The van der Waals surface area contributed by atoms with Gasteiger partial charge in [0.1, 0.15) is 17.7 Å². The molecule has 4 bridgehead atoms. The first-order valence-electron chi connectivity index (χ1n) is 17.5. The van der Waals surface area contributed by atoms with Gasteiger partial charge in [-0.1, -0.05) is 26.8 Å². The number of rotatable bonds is 11. The fraction of sp³-hybridized carbons (Fsp3) is 0.778. The molecule has 5 fully saturated rings. The molecule has 2 unspecified atom stereocenters. The molecule has 1 aromatic carbocycles. The van der Waals surface area contributed by atoms with Gasteiger partial charge in [0.15, 0.2) is 11.5 Å². The van der Waals surface area contributed by atoms with Gasteiger partial charge >= 0.3 is 12.1 Å². The van der Waals surface area contributed by atoms with E-state index in [9.17, 15) is 19.8 Å². The van der Waals surface area contributed by atoms with Crippen molar-refractivity contribution in [2.75, 3.05) is 26.7 Å². The van der Waals surface area contributed by atoms with Crippen LogP contribution in [-0.2, 0) is 21.4 Å². The van der Waals surface area contributed by atoms with E-state index in [2.05, 4.69) is 37.1 Å². The molecule has 1 aromatic rings. The smallest absolute Gasteiger partial charge is 0.413 e. The van der Waals surface area contributed by atoms with Crippen molar-refractivity contribution in [1.29, 1.82) is 0 Å². The standard InChI is InChI=1S/C36H53N3O7/c1-32(2,3)33(4,43)25-19-34-13-14-36(25,44-5)30-35(34)15-17-39(20-21-9-10-21)26(34)18-22-11-12-24(28(46-30)27(22)35)45-31(42)38-23(29(40)41)8-6-7-16-37/h11-12,21,23,25-26,30,43H,6-10,13-20,37H2,1-5H3,(H,38,42)(H,40,41)/t23-,25-,26-,30-,33+,34?,35?,36-/m1/s1. The lowest BCUT2D eigenvalue weighted by Crippen LogP contribution is -2.83. The third kappa shape index (κ3) is 4.35. The third-order valence-corrected chi connectivity index (χ3v) is 13.6. The number of likely N-dealkylation sites (tertiary alicyclic amines) is 1. The van der Waals surface area contributed by atoms with E-state index in [1.54, 1.807) is 7.11 Å². The van der Waals surface area contributed by atoms with E-state index < -0.39 is 34.7 Å². The van der Waals surface area contributed by atoms with E-state index in [4.69, 9.17) is 19.9 Å². The van der Waals surface area contributed by atoms with Gasteiger partial charge in [-0.15, -0.1) is 0 Å². The normalized spacial score (nSPS) is 35.9. The van der Waals surface area contributed by atoms with Crippen molar-refractivity contribution in [2.24, 2.45) is 28.4 Å². The second-order valence-corrected chi connectivity index (χ2v) is 16.5. The highest BCUT2D eigenvalue weighted by molar-refractivity contribution is 5.81. The van der Waals surface area contributed by atoms with E-state index in [0.29, 0.717) is 36.9 Å². The Morgan fingerprint density at radius 2 is 1.93 bits per heavy atom. The van der Waals surface area contributed by atoms with Crippen LogP contribution in [0.3, 0.4) is 0 Å². The summed E-state index contributed by atoms with van der Waals surface area (Å²) in [4.78, 5) is 27.9. The minimum atomic E-state index is -1.10. The Morgan fingerprint density at radius 1 is 1.17 bits per heavy atom. The number of aliphatic carboxylic acids is 1. The molecular weight excluding hydrogens is 586 g/mol. The molecule has 2 aliphatic heterocycles. The number of unbranched alkanes of at least 4 members (excludes halogenated alkanes) is 1. The Hall–Kier alpha value is -2.40. The van der Waals surface area contributed by atoms with Crippen LogP contribution in [-0.4, -0.2) is 83.3 Å². The van der Waals surface area contributed by atoms with Crippen LogP contribution in [0.1, 0.15) is 96.6 Å². The fourth-order valence-corrected chi connectivity index (χ4v) is 10.7. The summed E-state index contributed by atoms with van der Waals surface area (Å²) in [5.41, 5.74) is 5.37. The summed E-state index contributed by atoms with van der Waals surface area (Å²) < 4.78 is 19.7. The Labute approximate surface area is 272 Å². The number of fused-ring (bicyclic) bond motifs is 2. The highest BCUT2D eigenvalue weighted by atomic mass is 16.6. The van der Waals surface area contributed by atoms with E-state index >= 15 is 0 Å². The number of piperidine rings is 1. The molecule has 10 heteroatoms. The Morgan fingerprint density at radius 3 is 2.59 bits per heavy atom. The van der Waals surface area contributed by atoms with E-state index in [0.717, 1.165) is 56.7 Å². The van der Waals surface area contributed by atoms with Gasteiger partial charge in [0.05, 0.1) is 5.60 Å². The molecule has 0 radical (unpaired) electrons. The predicted octanol–water partition coefficient (Wildman–Crippen LogP) is 4.38. The number of hydrogen-bond acceptors (Lipinski definition) is 8. The molecular formula is C36H53N3O7. The molecule has 2 spiro atoms. The Bertz CT molecular complexity index is 1400. The number of nitrogens with one attached hydrogen (secondary N) is 1. The number of carboxylic acids is 1. The molecule has 4 saturated carbocycles. The Balaban J connectivity index is 1.31. The second kappa shape index (κ2) is 10.8. The van der Waals surface area contributed by atoms with Gasteiger partial charge in [0.25, 0.3) is 0 Å². The number of nitrogens with zero attached hydrogens (tertiary/aromatic N) is 1. The quantitative estimate of drug-likeness (QED) is 0.260. The van der Waals surface area contributed by atoms with Gasteiger partial charge < -0.3 is 35.5 Å². The van der Waals surface area contributed by atoms with Crippen LogP contribution in [0.4, 0.5) is 4.79 Å². The van der Waals surface area contributed by atoms with Gasteiger partial charge in [0, 0.05) is 42.0 Å². The number of benzene rings is 1. The van der Waals surface area contributed by atoms with Crippen LogP contribution in [0, 0.1) is 22.7 Å². The molecule has 8 atom stereocenters. The first kappa shape index (κ1) is 32.2. The SMILES string of the molecule is CO[C@]12CCC3(C[C@@H]1[C@](C)(O)C(C)(C)C)[C@H]1Cc4ccc(OC(=O)N[C@H](CCCCN)C(=O)O)c5c4C3(CCN1CC1CC1)[C@H]2O5. The van der Waals surface area contributed by atoms with Gasteiger partial charge in [0.2, 0.25) is 0 Å². The highest BCUT2D eigenvalue weighted by Gasteiger charge is 2.82. The molecule has 5 N–H and O–H groups in total. The summed E-state index contributed by atoms with van der Waals surface area (Å²) >= 11 is 0. The summed E-state index contributed by atoms with van der Waals surface area (Å²) in [6.45, 7) is 10.9. The molecule has 7 aliphatic rings. The van der Waals surface area contributed by atoms with E-state index in [1.165, 1.54) is 18.4 Å². The lowest BCUT2D eigenvalue weighted by molar-refractivity contribution is -0.312. The number of hydrogen-bond donors (Lipinski definition) is 4. The summed E-state index contributed by atoms with van der Waals surface area (Å²) in [7, 11) is 1.78. The maximum atomic E-state index is 13.2. The van der Waals surface area contributed by atoms with Crippen molar-refractivity contribution in [2.45, 2.75) is 127 Å². The highest BCUT2D eigenvalue weighted by Crippen LogP contribution is 2.78. The molecule has 46 heavy (non-hydrogen) atoms. The minimum Gasteiger partial charge on any atom is -0.482 e. The lowest BCUT2D eigenvalue weighted by Gasteiger charge is -2.75. The lowest BCUT2D eigenvalue weighted by atomic mass is 9.33. The molecule has 8 rings (SSSR count). The summed E-state index contributed by atoms with van der Waals surface area (Å²) in [5, 5.41) is 24.7. The van der Waals surface area contributed by atoms with Crippen LogP contribution in [0.25, 0.3) is 0 Å². The summed E-state index contributed by atoms with van der Waals surface area (Å²) in [5.74, 6) is 0.409. The summed E-state index contributed by atoms with van der Waals surface area (Å²) in [6, 6.07) is 3.17. The van der Waals surface area contributed by atoms with Crippen molar-refractivity contribution < 1.29 is 34.0 Å². The topological polar surface area (TPSA) is 144 Å². The van der Waals surface area contributed by atoms with Crippen LogP contribution >= 0.6 is 0 Å². The number of carbonyl (C=O) groups excluding carboxylic acids is 1. The molecule has 1 amide bonds. The van der Waals surface area contributed by atoms with Crippen LogP contribution in [0.5, 0.6) is 11.5 Å². The van der Waals surface area contributed by atoms with Crippen LogP contribution in [0.15, 0.2) is 12.1 Å². The fourth-order valence-electron chi connectivity index (χ4n) is 10.7. The average Bonchev–Trinajstić information content (AvgIpc) is 3.75. The van der Waals surface area contributed by atoms with Crippen molar-refractivity contribution in [3.8, 4) is 11.5 Å². The van der Waals surface area contributed by atoms with Gasteiger partial charge in [-0.25, -0.2) is 9.59 Å². The number of amides is 1. The molecule has 10 nitrogen and oxygen atoms in total. The van der Waals surface area contributed by atoms with Gasteiger partial charge in [-0.3, -0.25) is 4.90 Å². The molecule has 0 aromatic heterocycles. The van der Waals surface area contributed by atoms with E-state index in [1.807, 2.05) is 13.0 Å². The third-order valence-electron chi connectivity index (χ3n) is 13.6. The summed E-state index contributed by atoms with van der Waals surface area (Å²) in [6.07, 6.45) is 7.46. The molecule has 5 aliphatic carbocycles. The number of ether oxygens (including phenoxy) is 3. The van der Waals surface area contributed by atoms with E-state index in [-0.39, 0.29) is 29.3 Å². The predicted molar refractivity (Wildman–Crippen MR) is 172 cm³/mol. The number of aliphatic hydroxyl groups is 1. The van der Waals surface area contributed by atoms with Crippen molar-refractivity contribution in [3.63, 3.8) is 0 Å². The van der Waals surface area contributed by atoms with Crippen molar-refractivity contribution in [1.82, 2.24) is 10.2 Å². The van der Waals surface area contributed by atoms with Gasteiger partial charge in [-0.2, -0.15) is 0 Å². The van der Waals surface area contributed by atoms with Crippen molar-refractivity contribution in [3.05, 3.63) is 23.3 Å². The number of carboxylic acid groups (broad SMARTS) is 1. The first-order chi connectivity index (χ1) is 21.8. The largest absolute Gasteiger partial charge is 0.482 e. The molecule has 1 saturated heterocycles. The van der Waals surface area contributed by atoms with Crippen LogP contribution < -0.4 is 20.5 Å². The second-order valence-electron chi connectivity index (χ2n) is 16.5.